The van der Waals surface area contributed by atoms with Crippen molar-refractivity contribution in [2.24, 2.45) is 4.99 Å². The quantitative estimate of drug-likeness (QED) is 0.352. The number of alkyl halides is 6. The van der Waals surface area contributed by atoms with Gasteiger partial charge in [-0.3, -0.25) is 9.98 Å². The van der Waals surface area contributed by atoms with E-state index in [1.165, 1.54) is 25.7 Å². The fraction of sp³-hybridized carbons (Fsp3) is 0.143. The molecule has 0 amide bonds. The molecule has 3 aromatic rings. The van der Waals surface area contributed by atoms with Crippen LogP contribution in [-0.4, -0.2) is 18.3 Å². The van der Waals surface area contributed by atoms with Crippen molar-refractivity contribution in [1.29, 1.82) is 0 Å². The number of aromatic nitrogens is 1. The Kier molecular flexibility index (Phi) is 5.82. The first-order chi connectivity index (χ1) is 14.1. The van der Waals surface area contributed by atoms with E-state index in [2.05, 4.69) is 9.98 Å². The van der Waals surface area contributed by atoms with Crippen molar-refractivity contribution < 1.29 is 31.1 Å². The number of benzene rings is 2. The molecule has 0 aliphatic rings. The number of ether oxygens (including phenoxy) is 1. The molecular formula is C21H14F6N2O. The lowest BCUT2D eigenvalue weighted by molar-refractivity contribution is -0.143. The van der Waals surface area contributed by atoms with Gasteiger partial charge in [-0.1, -0.05) is 18.2 Å². The van der Waals surface area contributed by atoms with Crippen LogP contribution in [0.1, 0.15) is 16.7 Å². The number of halogens is 6. The molecule has 1 heterocycles. The zero-order chi connectivity index (χ0) is 21.9. The largest absolute Gasteiger partial charge is 0.496 e. The third-order valence-electron chi connectivity index (χ3n) is 4.17. The summed E-state index contributed by atoms with van der Waals surface area (Å²) in [4.78, 5) is 7.82. The van der Waals surface area contributed by atoms with Crippen LogP contribution in [0.15, 0.2) is 65.9 Å². The molecular weight excluding hydrogens is 410 g/mol. The Hall–Kier alpha value is -3.36. The monoisotopic (exact) mass is 424 g/mol. The van der Waals surface area contributed by atoms with Gasteiger partial charge in [-0.25, -0.2) is 0 Å². The molecule has 0 aliphatic carbocycles. The molecule has 0 aliphatic heterocycles. The molecule has 3 rings (SSSR count). The zero-order valence-corrected chi connectivity index (χ0v) is 15.4. The fourth-order valence-corrected chi connectivity index (χ4v) is 2.78. The second-order valence-electron chi connectivity index (χ2n) is 6.19. The normalized spacial score (nSPS) is 12.4. The summed E-state index contributed by atoms with van der Waals surface area (Å²) in [6, 6.07) is 9.84. The van der Waals surface area contributed by atoms with Gasteiger partial charge in [0.1, 0.15) is 5.75 Å². The first kappa shape index (κ1) is 21.4. The van der Waals surface area contributed by atoms with Crippen LogP contribution in [0.5, 0.6) is 5.75 Å². The number of methoxy groups -OCH3 is 1. The molecule has 1 aromatic heterocycles. The summed E-state index contributed by atoms with van der Waals surface area (Å²) >= 11 is 0. The van der Waals surface area contributed by atoms with Crippen LogP contribution >= 0.6 is 0 Å². The third kappa shape index (κ3) is 4.79. The van der Waals surface area contributed by atoms with Gasteiger partial charge in [0.2, 0.25) is 0 Å². The Morgan fingerprint density at radius 1 is 0.867 bits per heavy atom. The molecule has 2 aromatic carbocycles. The number of para-hydroxylation sites is 1. The third-order valence-corrected chi connectivity index (χ3v) is 4.17. The maximum Gasteiger partial charge on any atom is 0.416 e. The Morgan fingerprint density at radius 3 is 2.10 bits per heavy atom. The number of rotatable bonds is 4. The highest BCUT2D eigenvalue weighted by molar-refractivity contribution is 5.92. The molecule has 0 saturated carbocycles. The summed E-state index contributed by atoms with van der Waals surface area (Å²) in [5, 5.41) is 0. The van der Waals surface area contributed by atoms with E-state index < -0.39 is 29.2 Å². The molecule has 0 saturated heterocycles. The molecule has 0 atom stereocenters. The first-order valence-corrected chi connectivity index (χ1v) is 8.50. The van der Waals surface area contributed by atoms with Crippen molar-refractivity contribution >= 4 is 11.9 Å². The van der Waals surface area contributed by atoms with E-state index in [-0.39, 0.29) is 6.07 Å². The molecule has 0 unspecified atom stereocenters. The summed E-state index contributed by atoms with van der Waals surface area (Å²) in [6.07, 6.45) is -5.80. The molecule has 0 fully saturated rings. The second-order valence-corrected chi connectivity index (χ2v) is 6.19. The van der Waals surface area contributed by atoms with Gasteiger partial charge in [-0.2, -0.15) is 26.3 Å². The minimum atomic E-state index is -4.94. The highest BCUT2D eigenvalue weighted by Gasteiger charge is 2.36. The van der Waals surface area contributed by atoms with E-state index in [1.54, 1.807) is 30.3 Å². The average Bonchev–Trinajstić information content (AvgIpc) is 2.71. The molecule has 3 nitrogen and oxygen atoms in total. The van der Waals surface area contributed by atoms with E-state index in [1.807, 2.05) is 0 Å². The van der Waals surface area contributed by atoms with Gasteiger partial charge in [0, 0.05) is 29.7 Å². The summed E-state index contributed by atoms with van der Waals surface area (Å²) in [7, 11) is 1.48. The summed E-state index contributed by atoms with van der Waals surface area (Å²) in [5.41, 5.74) is -1.67. The summed E-state index contributed by atoms with van der Waals surface area (Å²) < 4.78 is 83.5. The molecule has 156 valence electrons. The molecule has 0 spiro atoms. The van der Waals surface area contributed by atoms with E-state index in [0.717, 1.165) is 0 Å². The summed E-state index contributed by atoms with van der Waals surface area (Å²) in [6.45, 7) is 0. The molecule has 0 bridgehead atoms. The van der Waals surface area contributed by atoms with Gasteiger partial charge in [0.05, 0.1) is 23.9 Å². The molecule has 30 heavy (non-hydrogen) atoms. The number of hydrogen-bond acceptors (Lipinski definition) is 3. The Labute approximate surface area is 167 Å². The predicted octanol–water partition coefficient (Wildman–Crippen LogP) is 6.55. The number of aliphatic imine (C=N–C) groups is 1. The van der Waals surface area contributed by atoms with Crippen molar-refractivity contribution in [3.05, 3.63) is 77.6 Å². The molecule has 0 N–H and O–H groups in total. The Morgan fingerprint density at radius 2 is 1.50 bits per heavy atom. The molecule has 0 radical (unpaired) electrons. The predicted molar refractivity (Wildman–Crippen MR) is 99.9 cm³/mol. The number of hydrogen-bond donors (Lipinski definition) is 0. The number of nitrogens with zero attached hydrogens (tertiary/aromatic N) is 2. The average molecular weight is 424 g/mol. The van der Waals surface area contributed by atoms with Crippen LogP contribution in [0.25, 0.3) is 11.1 Å². The summed E-state index contributed by atoms with van der Waals surface area (Å²) in [5.74, 6) is 0.539. The van der Waals surface area contributed by atoms with E-state index in [9.17, 15) is 26.3 Å². The van der Waals surface area contributed by atoms with Gasteiger partial charge in [0.15, 0.2) is 0 Å². The SMILES string of the molecule is COc1ccccc1-c1ccncc1C=Nc1cc(C(F)(F)F)cc(C(F)(F)F)c1. The maximum absolute atomic E-state index is 13.0. The van der Waals surface area contributed by atoms with Gasteiger partial charge in [0.25, 0.3) is 0 Å². The lowest BCUT2D eigenvalue weighted by Crippen LogP contribution is -2.10. The topological polar surface area (TPSA) is 34.5 Å². The Balaban J connectivity index is 2.07. The highest BCUT2D eigenvalue weighted by Crippen LogP contribution is 2.38. The van der Waals surface area contributed by atoms with Crippen LogP contribution in [0.4, 0.5) is 32.0 Å². The molecule has 9 heteroatoms. The highest BCUT2D eigenvalue weighted by atomic mass is 19.4. The van der Waals surface area contributed by atoms with Crippen LogP contribution < -0.4 is 4.74 Å². The van der Waals surface area contributed by atoms with Crippen LogP contribution in [0.2, 0.25) is 0 Å². The van der Waals surface area contributed by atoms with E-state index in [4.69, 9.17) is 4.74 Å². The maximum atomic E-state index is 13.0. The van der Waals surface area contributed by atoms with Crippen LogP contribution in [0.3, 0.4) is 0 Å². The standard InChI is InChI=1S/C21H14F6N2O/c1-30-19-5-3-2-4-18(19)17-6-7-28-11-13(17)12-29-16-9-14(20(22,23)24)8-15(10-16)21(25,26)27/h2-12H,1H3. The van der Waals surface area contributed by atoms with E-state index >= 15 is 0 Å². The minimum Gasteiger partial charge on any atom is -0.496 e. The lowest BCUT2D eigenvalue weighted by atomic mass is 10.0. The Bertz CT molecular complexity index is 1040. The van der Waals surface area contributed by atoms with Crippen molar-refractivity contribution in [1.82, 2.24) is 4.98 Å². The fourth-order valence-electron chi connectivity index (χ4n) is 2.78. The van der Waals surface area contributed by atoms with Crippen LogP contribution in [-0.2, 0) is 12.4 Å². The lowest BCUT2D eigenvalue weighted by Gasteiger charge is -2.13. The van der Waals surface area contributed by atoms with Crippen molar-refractivity contribution in [3.8, 4) is 16.9 Å². The van der Waals surface area contributed by atoms with Gasteiger partial charge >= 0.3 is 12.4 Å². The van der Waals surface area contributed by atoms with Crippen LogP contribution in [0, 0.1) is 0 Å². The zero-order valence-electron chi connectivity index (χ0n) is 15.4. The van der Waals surface area contributed by atoms with Gasteiger partial charge in [-0.15, -0.1) is 0 Å². The second kappa shape index (κ2) is 8.17. The first-order valence-electron chi connectivity index (χ1n) is 8.50. The number of pyridine rings is 1. The van der Waals surface area contributed by atoms with Gasteiger partial charge in [-0.05, 0) is 35.9 Å². The van der Waals surface area contributed by atoms with Crippen molar-refractivity contribution in [2.75, 3.05) is 7.11 Å². The van der Waals surface area contributed by atoms with Crippen molar-refractivity contribution in [3.63, 3.8) is 0 Å². The minimum absolute atomic E-state index is 0.0589. The smallest absolute Gasteiger partial charge is 0.416 e. The van der Waals surface area contributed by atoms with Gasteiger partial charge < -0.3 is 4.74 Å². The van der Waals surface area contributed by atoms with E-state index in [0.29, 0.717) is 34.6 Å². The van der Waals surface area contributed by atoms with Crippen molar-refractivity contribution in [2.45, 2.75) is 12.4 Å².